The van der Waals surface area contributed by atoms with Crippen molar-refractivity contribution in [2.75, 3.05) is 6.54 Å². The number of nitrogens with zero attached hydrogens (tertiary/aromatic N) is 2. The fraction of sp³-hybridized carbons (Fsp3) is 0.727. The SMILES string of the molecule is Cc1cc(CC(O)CNC2CC2)n(C)n1. The number of aromatic nitrogens is 2. The lowest BCUT2D eigenvalue weighted by atomic mass is 10.2. The predicted octanol–water partition coefficient (Wildman–Crippen LogP) is 0.384. The quantitative estimate of drug-likeness (QED) is 0.737. The first-order valence-corrected chi connectivity index (χ1v) is 5.56. The van der Waals surface area contributed by atoms with Gasteiger partial charge in [0.25, 0.3) is 0 Å². The van der Waals surface area contributed by atoms with Gasteiger partial charge in [0.2, 0.25) is 0 Å². The van der Waals surface area contributed by atoms with Crippen molar-refractivity contribution in [3.8, 4) is 0 Å². The zero-order valence-corrected chi connectivity index (χ0v) is 9.40. The highest BCUT2D eigenvalue weighted by Gasteiger charge is 2.21. The third-order valence-corrected chi connectivity index (χ3v) is 2.76. The van der Waals surface area contributed by atoms with Gasteiger partial charge in [0, 0.05) is 31.7 Å². The molecular formula is C11H19N3O. The molecule has 1 aliphatic rings. The van der Waals surface area contributed by atoms with Crippen LogP contribution in [0, 0.1) is 6.92 Å². The second-order valence-corrected chi connectivity index (χ2v) is 4.44. The molecule has 1 aliphatic carbocycles. The molecule has 1 aromatic rings. The van der Waals surface area contributed by atoms with Crippen molar-refractivity contribution in [3.05, 3.63) is 17.5 Å². The summed E-state index contributed by atoms with van der Waals surface area (Å²) in [5.41, 5.74) is 2.10. The van der Waals surface area contributed by atoms with Crippen molar-refractivity contribution in [3.63, 3.8) is 0 Å². The first kappa shape index (κ1) is 10.6. The van der Waals surface area contributed by atoms with Crippen LogP contribution >= 0.6 is 0 Å². The van der Waals surface area contributed by atoms with Gasteiger partial charge in [0.05, 0.1) is 11.8 Å². The van der Waals surface area contributed by atoms with E-state index in [-0.39, 0.29) is 6.10 Å². The topological polar surface area (TPSA) is 50.1 Å². The van der Waals surface area contributed by atoms with E-state index in [1.54, 1.807) is 0 Å². The van der Waals surface area contributed by atoms with Crippen LogP contribution in [0.1, 0.15) is 24.2 Å². The average molecular weight is 209 g/mol. The highest BCUT2D eigenvalue weighted by Crippen LogP contribution is 2.18. The van der Waals surface area contributed by atoms with Gasteiger partial charge in [0.15, 0.2) is 0 Å². The van der Waals surface area contributed by atoms with Crippen molar-refractivity contribution in [1.82, 2.24) is 15.1 Å². The van der Waals surface area contributed by atoms with E-state index in [4.69, 9.17) is 0 Å². The molecule has 15 heavy (non-hydrogen) atoms. The summed E-state index contributed by atoms with van der Waals surface area (Å²) < 4.78 is 1.84. The molecule has 1 atom stereocenters. The molecule has 0 spiro atoms. The first-order chi connectivity index (χ1) is 7.15. The standard InChI is InChI=1S/C11H19N3O/c1-8-5-10(14(2)13-8)6-11(15)7-12-9-3-4-9/h5,9,11-12,15H,3-4,6-7H2,1-2H3. The summed E-state index contributed by atoms with van der Waals surface area (Å²) in [4.78, 5) is 0. The monoisotopic (exact) mass is 209 g/mol. The maximum atomic E-state index is 9.81. The molecule has 0 saturated heterocycles. The number of hydrogen-bond acceptors (Lipinski definition) is 3. The van der Waals surface area contributed by atoms with Gasteiger partial charge in [0.1, 0.15) is 0 Å². The molecule has 84 valence electrons. The highest BCUT2D eigenvalue weighted by molar-refractivity contribution is 5.09. The molecule has 1 saturated carbocycles. The van der Waals surface area contributed by atoms with Gasteiger partial charge in [-0.05, 0) is 25.8 Å². The number of aryl methyl sites for hydroxylation is 2. The molecule has 0 aliphatic heterocycles. The Bertz CT molecular complexity index is 331. The second kappa shape index (κ2) is 4.33. The van der Waals surface area contributed by atoms with E-state index in [9.17, 15) is 5.11 Å². The van der Waals surface area contributed by atoms with Gasteiger partial charge in [-0.15, -0.1) is 0 Å². The summed E-state index contributed by atoms with van der Waals surface area (Å²) in [5.74, 6) is 0. The van der Waals surface area contributed by atoms with Crippen LogP contribution in [-0.4, -0.2) is 33.6 Å². The summed E-state index contributed by atoms with van der Waals surface area (Å²) in [6, 6.07) is 2.69. The zero-order chi connectivity index (χ0) is 10.8. The Morgan fingerprint density at radius 2 is 2.40 bits per heavy atom. The van der Waals surface area contributed by atoms with Crippen LogP contribution in [0.5, 0.6) is 0 Å². The molecule has 1 unspecified atom stereocenters. The maximum absolute atomic E-state index is 9.81. The van der Waals surface area contributed by atoms with E-state index in [1.807, 2.05) is 24.7 Å². The lowest BCUT2D eigenvalue weighted by molar-refractivity contribution is 0.169. The van der Waals surface area contributed by atoms with E-state index in [0.29, 0.717) is 19.0 Å². The minimum atomic E-state index is -0.305. The minimum absolute atomic E-state index is 0.305. The minimum Gasteiger partial charge on any atom is -0.391 e. The number of hydrogen-bond donors (Lipinski definition) is 2. The van der Waals surface area contributed by atoms with E-state index in [1.165, 1.54) is 12.8 Å². The van der Waals surface area contributed by atoms with Crippen LogP contribution in [0.4, 0.5) is 0 Å². The van der Waals surface area contributed by atoms with Crippen molar-refractivity contribution in [2.24, 2.45) is 7.05 Å². The number of aliphatic hydroxyl groups is 1. The van der Waals surface area contributed by atoms with Gasteiger partial charge in [-0.3, -0.25) is 4.68 Å². The van der Waals surface area contributed by atoms with Gasteiger partial charge in [-0.2, -0.15) is 5.10 Å². The molecule has 1 heterocycles. The molecule has 1 fully saturated rings. The van der Waals surface area contributed by atoms with Crippen LogP contribution in [0.3, 0.4) is 0 Å². The second-order valence-electron chi connectivity index (χ2n) is 4.44. The van der Waals surface area contributed by atoms with E-state index < -0.39 is 0 Å². The summed E-state index contributed by atoms with van der Waals surface area (Å²) in [7, 11) is 1.92. The Kier molecular flexibility index (Phi) is 3.07. The third kappa shape index (κ3) is 3.04. The van der Waals surface area contributed by atoms with Crippen LogP contribution in [-0.2, 0) is 13.5 Å². The summed E-state index contributed by atoms with van der Waals surface area (Å²) >= 11 is 0. The Balaban J connectivity index is 1.81. The van der Waals surface area contributed by atoms with E-state index in [2.05, 4.69) is 10.4 Å². The maximum Gasteiger partial charge on any atom is 0.0719 e. The third-order valence-electron chi connectivity index (χ3n) is 2.76. The first-order valence-electron chi connectivity index (χ1n) is 5.56. The van der Waals surface area contributed by atoms with Crippen LogP contribution in [0.25, 0.3) is 0 Å². The van der Waals surface area contributed by atoms with Crippen LogP contribution in [0.15, 0.2) is 6.07 Å². The fourth-order valence-corrected chi connectivity index (χ4v) is 1.76. The molecule has 0 aromatic carbocycles. The summed E-state index contributed by atoms with van der Waals surface area (Å²) in [5, 5.41) is 17.4. The Labute approximate surface area is 90.3 Å². The molecule has 0 radical (unpaired) electrons. The van der Waals surface area contributed by atoms with Gasteiger partial charge in [-0.25, -0.2) is 0 Å². The van der Waals surface area contributed by atoms with E-state index in [0.717, 1.165) is 11.4 Å². The zero-order valence-electron chi connectivity index (χ0n) is 9.40. The molecule has 4 heteroatoms. The summed E-state index contributed by atoms with van der Waals surface area (Å²) in [6.45, 7) is 2.66. The average Bonchev–Trinajstić information content (AvgIpc) is 2.92. The largest absolute Gasteiger partial charge is 0.391 e. The van der Waals surface area contributed by atoms with Gasteiger partial charge in [-0.1, -0.05) is 0 Å². The Morgan fingerprint density at radius 3 is 2.93 bits per heavy atom. The number of nitrogens with one attached hydrogen (secondary N) is 1. The Morgan fingerprint density at radius 1 is 1.67 bits per heavy atom. The summed E-state index contributed by atoms with van der Waals surface area (Å²) in [6.07, 6.45) is 2.90. The molecule has 0 amide bonds. The fourth-order valence-electron chi connectivity index (χ4n) is 1.76. The molecule has 1 aromatic heterocycles. The van der Waals surface area contributed by atoms with Gasteiger partial charge < -0.3 is 10.4 Å². The Hall–Kier alpha value is -0.870. The molecule has 0 bridgehead atoms. The normalized spacial score (nSPS) is 18.1. The highest BCUT2D eigenvalue weighted by atomic mass is 16.3. The van der Waals surface area contributed by atoms with Gasteiger partial charge >= 0.3 is 0 Å². The predicted molar refractivity (Wildman–Crippen MR) is 58.7 cm³/mol. The molecule has 4 nitrogen and oxygen atoms in total. The number of rotatable bonds is 5. The van der Waals surface area contributed by atoms with Crippen molar-refractivity contribution in [1.29, 1.82) is 0 Å². The van der Waals surface area contributed by atoms with Crippen molar-refractivity contribution < 1.29 is 5.11 Å². The smallest absolute Gasteiger partial charge is 0.0719 e. The van der Waals surface area contributed by atoms with Crippen LogP contribution < -0.4 is 5.32 Å². The van der Waals surface area contributed by atoms with E-state index >= 15 is 0 Å². The lowest BCUT2D eigenvalue weighted by Gasteiger charge is -2.11. The molecular weight excluding hydrogens is 190 g/mol. The molecule has 2 N–H and O–H groups in total. The van der Waals surface area contributed by atoms with Crippen LogP contribution in [0.2, 0.25) is 0 Å². The van der Waals surface area contributed by atoms with Crippen molar-refractivity contribution in [2.45, 2.75) is 38.3 Å². The molecule has 2 rings (SSSR count). The van der Waals surface area contributed by atoms with Crippen molar-refractivity contribution >= 4 is 0 Å². The number of aliphatic hydroxyl groups excluding tert-OH is 1. The lowest BCUT2D eigenvalue weighted by Crippen LogP contribution is -2.30.